The van der Waals surface area contributed by atoms with Crippen LogP contribution in [0.1, 0.15) is 25.3 Å². The molecule has 1 N–H and O–H groups in total. The third-order valence-electron chi connectivity index (χ3n) is 4.49. The number of aryl methyl sites for hydroxylation is 1. The molecule has 6 nitrogen and oxygen atoms in total. The van der Waals surface area contributed by atoms with E-state index in [0.29, 0.717) is 17.4 Å². The largest absolute Gasteiger partial charge is 0.482 e. The Hall–Kier alpha value is -2.50. The Bertz CT molecular complexity index is 767. The lowest BCUT2D eigenvalue weighted by Gasteiger charge is -2.31. The van der Waals surface area contributed by atoms with Crippen LogP contribution in [0.25, 0.3) is 0 Å². The highest BCUT2D eigenvalue weighted by atomic mass is 16.6. The fourth-order valence-corrected chi connectivity index (χ4v) is 2.92. The molecule has 1 aromatic heterocycles. The summed E-state index contributed by atoms with van der Waals surface area (Å²) in [5, 5.41) is 7.36. The molecule has 4 rings (SSSR count). The fourth-order valence-electron chi connectivity index (χ4n) is 2.92. The number of anilines is 1. The molecule has 2 aromatic rings. The first-order chi connectivity index (χ1) is 11.6. The van der Waals surface area contributed by atoms with Gasteiger partial charge in [-0.1, -0.05) is 12.1 Å². The van der Waals surface area contributed by atoms with Crippen molar-refractivity contribution in [3.8, 4) is 11.5 Å². The Balaban J connectivity index is 1.51. The van der Waals surface area contributed by atoms with E-state index < -0.39 is 6.10 Å². The predicted octanol–water partition coefficient (Wildman–Crippen LogP) is 2.77. The van der Waals surface area contributed by atoms with Crippen LogP contribution in [-0.4, -0.2) is 27.9 Å². The maximum Gasteiger partial charge on any atom is 0.270 e. The standard InChI is InChI=1S/C18H21N3O3/c1-11-9-19-21(10-13-7-8-13)17(11)20-18(22)16-12(2)23-14-5-3-4-6-15(14)24-16/h3-6,9,12-13,16H,7-8,10H2,1-2H3,(H,20,22). The van der Waals surface area contributed by atoms with Crippen LogP contribution >= 0.6 is 0 Å². The van der Waals surface area contributed by atoms with E-state index in [1.807, 2.05) is 42.8 Å². The molecular weight excluding hydrogens is 306 g/mol. The second-order valence-corrected chi connectivity index (χ2v) is 6.60. The van der Waals surface area contributed by atoms with E-state index in [4.69, 9.17) is 9.47 Å². The van der Waals surface area contributed by atoms with Crippen LogP contribution in [0.15, 0.2) is 30.5 Å². The Labute approximate surface area is 140 Å². The van der Waals surface area contributed by atoms with E-state index in [9.17, 15) is 4.79 Å². The summed E-state index contributed by atoms with van der Waals surface area (Å²) in [4.78, 5) is 12.7. The second kappa shape index (κ2) is 5.85. The van der Waals surface area contributed by atoms with Gasteiger partial charge in [-0.2, -0.15) is 5.10 Å². The molecular formula is C18H21N3O3. The van der Waals surface area contributed by atoms with E-state index in [0.717, 1.165) is 17.9 Å². The van der Waals surface area contributed by atoms with E-state index in [2.05, 4.69) is 10.4 Å². The topological polar surface area (TPSA) is 65.4 Å². The lowest BCUT2D eigenvalue weighted by molar-refractivity contribution is -0.128. The van der Waals surface area contributed by atoms with Gasteiger partial charge < -0.3 is 14.8 Å². The highest BCUT2D eigenvalue weighted by Crippen LogP contribution is 2.34. The summed E-state index contributed by atoms with van der Waals surface area (Å²) in [5.74, 6) is 2.49. The third-order valence-corrected chi connectivity index (χ3v) is 4.49. The first-order valence-electron chi connectivity index (χ1n) is 8.37. The minimum absolute atomic E-state index is 0.211. The smallest absolute Gasteiger partial charge is 0.270 e. The van der Waals surface area contributed by atoms with Crippen molar-refractivity contribution in [3.63, 3.8) is 0 Å². The van der Waals surface area contributed by atoms with Gasteiger partial charge in [0, 0.05) is 12.1 Å². The van der Waals surface area contributed by atoms with Crippen molar-refractivity contribution in [2.45, 2.75) is 45.4 Å². The first-order valence-corrected chi connectivity index (χ1v) is 8.37. The van der Waals surface area contributed by atoms with Gasteiger partial charge in [-0.3, -0.25) is 4.79 Å². The number of ether oxygens (including phenoxy) is 2. The van der Waals surface area contributed by atoms with E-state index >= 15 is 0 Å². The molecule has 2 atom stereocenters. The van der Waals surface area contributed by atoms with Crippen molar-refractivity contribution in [2.24, 2.45) is 5.92 Å². The van der Waals surface area contributed by atoms with Crippen molar-refractivity contribution in [2.75, 3.05) is 5.32 Å². The van der Waals surface area contributed by atoms with Gasteiger partial charge in [0.2, 0.25) is 6.10 Å². The molecule has 2 heterocycles. The summed E-state index contributed by atoms with van der Waals surface area (Å²) in [7, 11) is 0. The zero-order valence-corrected chi connectivity index (χ0v) is 13.9. The Morgan fingerprint density at radius 3 is 2.71 bits per heavy atom. The van der Waals surface area contributed by atoms with Crippen LogP contribution in [0.3, 0.4) is 0 Å². The predicted molar refractivity (Wildman–Crippen MR) is 89.3 cm³/mol. The van der Waals surface area contributed by atoms with Gasteiger partial charge in [-0.15, -0.1) is 0 Å². The summed E-state index contributed by atoms with van der Waals surface area (Å²) < 4.78 is 13.6. The molecule has 1 fully saturated rings. The molecule has 0 saturated heterocycles. The van der Waals surface area contributed by atoms with Gasteiger partial charge in [0.1, 0.15) is 11.9 Å². The minimum atomic E-state index is -0.691. The molecule has 1 amide bonds. The normalized spacial score (nSPS) is 22.2. The summed E-state index contributed by atoms with van der Waals surface area (Å²) in [6, 6.07) is 7.40. The average molecular weight is 327 g/mol. The zero-order chi connectivity index (χ0) is 16.7. The fraction of sp³-hybridized carbons (Fsp3) is 0.444. The van der Waals surface area contributed by atoms with Crippen LogP contribution < -0.4 is 14.8 Å². The summed E-state index contributed by atoms with van der Waals surface area (Å²) >= 11 is 0. The monoisotopic (exact) mass is 327 g/mol. The number of amides is 1. The SMILES string of the molecule is Cc1cnn(CC2CC2)c1NC(=O)C1Oc2ccccc2OC1C. The maximum atomic E-state index is 12.7. The average Bonchev–Trinajstić information content (AvgIpc) is 3.33. The summed E-state index contributed by atoms with van der Waals surface area (Å²) in [5.41, 5.74) is 0.953. The van der Waals surface area contributed by atoms with Crippen molar-refractivity contribution < 1.29 is 14.3 Å². The van der Waals surface area contributed by atoms with Crippen molar-refractivity contribution in [1.29, 1.82) is 0 Å². The first kappa shape index (κ1) is 15.1. The number of para-hydroxylation sites is 2. The van der Waals surface area contributed by atoms with Gasteiger partial charge in [-0.25, -0.2) is 4.68 Å². The molecule has 0 bridgehead atoms. The number of hydrogen-bond acceptors (Lipinski definition) is 4. The number of aromatic nitrogens is 2. The number of nitrogens with one attached hydrogen (secondary N) is 1. The van der Waals surface area contributed by atoms with Crippen molar-refractivity contribution in [3.05, 3.63) is 36.0 Å². The maximum absolute atomic E-state index is 12.7. The molecule has 1 saturated carbocycles. The van der Waals surface area contributed by atoms with E-state index in [1.54, 1.807) is 6.20 Å². The molecule has 24 heavy (non-hydrogen) atoms. The van der Waals surface area contributed by atoms with E-state index in [-0.39, 0.29) is 12.0 Å². The van der Waals surface area contributed by atoms with Crippen LogP contribution in [0.5, 0.6) is 11.5 Å². The van der Waals surface area contributed by atoms with Crippen LogP contribution in [0.2, 0.25) is 0 Å². The van der Waals surface area contributed by atoms with Crippen molar-refractivity contribution >= 4 is 11.7 Å². The summed E-state index contributed by atoms with van der Waals surface area (Å²) in [6.45, 7) is 4.64. The number of hydrogen-bond donors (Lipinski definition) is 1. The number of benzene rings is 1. The van der Waals surface area contributed by atoms with E-state index in [1.165, 1.54) is 12.8 Å². The lowest BCUT2D eigenvalue weighted by Crippen LogP contribution is -2.46. The Morgan fingerprint density at radius 2 is 2.00 bits per heavy atom. The molecule has 2 unspecified atom stereocenters. The zero-order valence-electron chi connectivity index (χ0n) is 13.9. The molecule has 126 valence electrons. The van der Waals surface area contributed by atoms with Crippen LogP contribution in [0.4, 0.5) is 5.82 Å². The Morgan fingerprint density at radius 1 is 1.29 bits per heavy atom. The third kappa shape index (κ3) is 2.84. The number of rotatable bonds is 4. The summed E-state index contributed by atoms with van der Waals surface area (Å²) in [6.07, 6.45) is 3.21. The minimum Gasteiger partial charge on any atom is -0.482 e. The molecule has 1 aromatic carbocycles. The molecule has 2 aliphatic rings. The highest BCUT2D eigenvalue weighted by Gasteiger charge is 2.35. The second-order valence-electron chi connectivity index (χ2n) is 6.60. The van der Waals surface area contributed by atoms with Crippen LogP contribution in [0, 0.1) is 12.8 Å². The lowest BCUT2D eigenvalue weighted by atomic mass is 10.1. The molecule has 1 aliphatic carbocycles. The molecule has 0 spiro atoms. The quantitative estimate of drug-likeness (QED) is 0.938. The molecule has 1 aliphatic heterocycles. The number of carbonyl (C=O) groups is 1. The van der Waals surface area contributed by atoms with Gasteiger partial charge in [0.25, 0.3) is 5.91 Å². The molecule has 6 heteroatoms. The highest BCUT2D eigenvalue weighted by molar-refractivity contribution is 5.95. The number of carbonyl (C=O) groups excluding carboxylic acids is 1. The number of fused-ring (bicyclic) bond motifs is 1. The van der Waals surface area contributed by atoms with Gasteiger partial charge in [0.05, 0.1) is 6.20 Å². The number of nitrogens with zero attached hydrogens (tertiary/aromatic N) is 2. The van der Waals surface area contributed by atoms with Crippen molar-refractivity contribution in [1.82, 2.24) is 9.78 Å². The van der Waals surface area contributed by atoms with Gasteiger partial charge >= 0.3 is 0 Å². The van der Waals surface area contributed by atoms with Gasteiger partial charge in [-0.05, 0) is 44.7 Å². The van der Waals surface area contributed by atoms with Crippen LogP contribution in [-0.2, 0) is 11.3 Å². The van der Waals surface area contributed by atoms with Gasteiger partial charge in [0.15, 0.2) is 11.5 Å². The molecule has 0 radical (unpaired) electrons. The Kier molecular flexibility index (Phi) is 3.67.